The quantitative estimate of drug-likeness (QED) is 0.456. The van der Waals surface area contributed by atoms with Gasteiger partial charge in [0.25, 0.3) is 0 Å². The molecule has 7 nitrogen and oxygen atoms in total. The van der Waals surface area contributed by atoms with E-state index < -0.39 is 12.1 Å². The summed E-state index contributed by atoms with van der Waals surface area (Å²) >= 11 is 0. The predicted octanol–water partition coefficient (Wildman–Crippen LogP) is 4.35. The molecule has 0 radical (unpaired) electrons. The first-order valence-electron chi connectivity index (χ1n) is 10.3. The van der Waals surface area contributed by atoms with Gasteiger partial charge >= 0.3 is 6.36 Å². The van der Waals surface area contributed by atoms with E-state index in [0.29, 0.717) is 5.82 Å². The molecule has 172 valence electrons. The highest BCUT2D eigenvalue weighted by Gasteiger charge is 2.33. The van der Waals surface area contributed by atoms with E-state index in [1.54, 1.807) is 6.92 Å². The van der Waals surface area contributed by atoms with Crippen LogP contribution in [0.5, 0.6) is 11.5 Å². The number of hydrogen-bond acceptors (Lipinski definition) is 7. The Morgan fingerprint density at radius 2 is 1.82 bits per heavy atom. The number of anilines is 2. The van der Waals surface area contributed by atoms with Crippen LogP contribution in [0, 0.1) is 5.41 Å². The van der Waals surface area contributed by atoms with E-state index in [-0.39, 0.29) is 41.1 Å². The highest BCUT2D eigenvalue weighted by atomic mass is 19.4. The molecule has 0 bridgehead atoms. The second-order valence-electron chi connectivity index (χ2n) is 7.52. The molecule has 0 amide bonds. The Balaban J connectivity index is 1.63. The van der Waals surface area contributed by atoms with Crippen LogP contribution in [0.3, 0.4) is 0 Å². The first-order valence-corrected chi connectivity index (χ1v) is 10.3. The van der Waals surface area contributed by atoms with E-state index in [9.17, 15) is 13.2 Å². The van der Waals surface area contributed by atoms with Crippen molar-refractivity contribution in [2.24, 2.45) is 0 Å². The lowest BCUT2D eigenvalue weighted by Crippen LogP contribution is -2.23. The van der Waals surface area contributed by atoms with Crippen molar-refractivity contribution >= 4 is 17.3 Å². The summed E-state index contributed by atoms with van der Waals surface area (Å²) in [6.07, 6.45) is -1.97. The van der Waals surface area contributed by atoms with Crippen molar-refractivity contribution in [3.63, 3.8) is 0 Å². The van der Waals surface area contributed by atoms with Crippen molar-refractivity contribution in [2.75, 3.05) is 17.7 Å². The number of alkyl halides is 3. The van der Waals surface area contributed by atoms with E-state index >= 15 is 0 Å². The minimum absolute atomic E-state index is 0.0503. The van der Waals surface area contributed by atoms with E-state index in [2.05, 4.69) is 32.2 Å². The average Bonchev–Trinajstić information content (AvgIpc) is 3.16. The van der Waals surface area contributed by atoms with E-state index in [0.717, 1.165) is 18.9 Å². The van der Waals surface area contributed by atoms with E-state index in [4.69, 9.17) is 15.9 Å². The third kappa shape index (κ3) is 5.00. The van der Waals surface area contributed by atoms with Gasteiger partial charge in [-0.1, -0.05) is 24.3 Å². The average molecular weight is 457 g/mol. The summed E-state index contributed by atoms with van der Waals surface area (Å²) in [5.41, 5.74) is 9.08. The number of aromatic nitrogens is 2. The number of fused-ring (bicyclic) bond motifs is 1. The number of nitrogen functional groups attached to an aromatic ring is 1. The molecule has 1 heterocycles. The van der Waals surface area contributed by atoms with Crippen molar-refractivity contribution in [1.29, 1.82) is 5.41 Å². The van der Waals surface area contributed by atoms with Crippen LogP contribution in [-0.4, -0.2) is 34.7 Å². The molecule has 0 saturated carbocycles. The summed E-state index contributed by atoms with van der Waals surface area (Å²) in [7, 11) is 0. The van der Waals surface area contributed by atoms with Gasteiger partial charge in [0, 0.05) is 11.6 Å². The summed E-state index contributed by atoms with van der Waals surface area (Å²) in [5.74, 6) is -0.144. The minimum atomic E-state index is -4.87. The third-order valence-electron chi connectivity index (χ3n) is 5.28. The molecule has 0 atom stereocenters. The summed E-state index contributed by atoms with van der Waals surface area (Å²) in [4.78, 5) is 8.30. The molecule has 33 heavy (non-hydrogen) atoms. The van der Waals surface area contributed by atoms with Gasteiger partial charge < -0.3 is 20.5 Å². The third-order valence-corrected chi connectivity index (χ3v) is 5.28. The number of ether oxygens (including phenoxy) is 2. The van der Waals surface area contributed by atoms with Gasteiger partial charge in [0.05, 0.1) is 17.9 Å². The highest BCUT2D eigenvalue weighted by Crippen LogP contribution is 2.35. The number of rotatable bonds is 7. The van der Waals surface area contributed by atoms with E-state index in [1.807, 2.05) is 12.1 Å². The Morgan fingerprint density at radius 1 is 1.12 bits per heavy atom. The Morgan fingerprint density at radius 3 is 2.45 bits per heavy atom. The molecule has 1 aliphatic rings. The Hall–Kier alpha value is -3.82. The molecule has 0 unspecified atom stereocenters. The lowest BCUT2D eigenvalue weighted by Gasteiger charge is -2.18. The molecule has 0 fully saturated rings. The Labute approximate surface area is 188 Å². The molecule has 0 saturated heterocycles. The minimum Gasteiger partial charge on any atom is -0.490 e. The number of hydrogen-bond donors (Lipinski definition) is 3. The maximum atomic E-state index is 12.7. The van der Waals surface area contributed by atoms with Crippen LogP contribution in [0.15, 0.2) is 48.8 Å². The zero-order chi connectivity index (χ0) is 23.6. The van der Waals surface area contributed by atoms with Gasteiger partial charge in [-0.05, 0) is 49.1 Å². The van der Waals surface area contributed by atoms with Gasteiger partial charge in [-0.15, -0.1) is 13.2 Å². The first-order chi connectivity index (χ1) is 15.7. The van der Waals surface area contributed by atoms with Gasteiger partial charge in [0.1, 0.15) is 18.0 Å². The maximum Gasteiger partial charge on any atom is 0.573 e. The van der Waals surface area contributed by atoms with Gasteiger partial charge in [0.2, 0.25) is 0 Å². The first kappa shape index (κ1) is 22.4. The van der Waals surface area contributed by atoms with Crippen LogP contribution >= 0.6 is 0 Å². The van der Waals surface area contributed by atoms with Crippen molar-refractivity contribution in [1.82, 2.24) is 9.97 Å². The van der Waals surface area contributed by atoms with E-state index in [1.165, 1.54) is 29.6 Å². The van der Waals surface area contributed by atoms with Crippen LogP contribution in [0.25, 0.3) is 0 Å². The second-order valence-corrected chi connectivity index (χ2v) is 7.52. The van der Waals surface area contributed by atoms with Crippen molar-refractivity contribution in [3.8, 4) is 11.5 Å². The molecule has 3 aromatic rings. The molecule has 1 aromatic heterocycles. The smallest absolute Gasteiger partial charge is 0.490 e. The lowest BCUT2D eigenvalue weighted by molar-refractivity contribution is -0.275. The van der Waals surface area contributed by atoms with Gasteiger partial charge in [-0.25, -0.2) is 9.97 Å². The maximum absolute atomic E-state index is 12.7. The number of nitrogens with one attached hydrogen (secondary N) is 2. The Bertz CT molecular complexity index is 1160. The number of nitrogens with zero attached hydrogens (tertiary/aromatic N) is 2. The standard InChI is InChI=1S/C23H22F3N5O2/c1-2-32-18-11-15(7-8-17(18)33-23(24,25)26)20(27)19-21(28)29-12-30-22(19)31-16-9-13-5-3-4-6-14(13)10-16/h3-8,11-12,16,27H,2,9-10H2,1H3,(H3,28,29,30,31). The molecule has 2 aromatic carbocycles. The lowest BCUT2D eigenvalue weighted by atomic mass is 10.0. The fourth-order valence-electron chi connectivity index (χ4n) is 3.89. The summed E-state index contributed by atoms with van der Waals surface area (Å²) < 4.78 is 47.5. The number of halogens is 3. The van der Waals surface area contributed by atoms with Crippen LogP contribution in [0.1, 0.15) is 29.2 Å². The van der Waals surface area contributed by atoms with Crippen LogP contribution in [-0.2, 0) is 12.8 Å². The second kappa shape index (κ2) is 8.97. The van der Waals surface area contributed by atoms with Gasteiger partial charge in [-0.3, -0.25) is 5.41 Å². The molecular weight excluding hydrogens is 435 g/mol. The van der Waals surface area contributed by atoms with Gasteiger partial charge in [0.15, 0.2) is 11.5 Å². The Kier molecular flexibility index (Phi) is 6.08. The number of benzene rings is 2. The zero-order valence-electron chi connectivity index (χ0n) is 17.7. The van der Waals surface area contributed by atoms with Gasteiger partial charge in [-0.2, -0.15) is 0 Å². The van der Waals surface area contributed by atoms with Crippen LogP contribution in [0.4, 0.5) is 24.8 Å². The molecule has 0 spiro atoms. The van der Waals surface area contributed by atoms with Crippen LogP contribution in [0.2, 0.25) is 0 Å². The highest BCUT2D eigenvalue weighted by molar-refractivity contribution is 6.16. The normalized spacial score (nSPS) is 13.5. The van der Waals surface area contributed by atoms with Crippen molar-refractivity contribution in [2.45, 2.75) is 32.2 Å². The largest absolute Gasteiger partial charge is 0.573 e. The monoisotopic (exact) mass is 457 g/mol. The topological polar surface area (TPSA) is 106 Å². The van der Waals surface area contributed by atoms with Crippen molar-refractivity contribution in [3.05, 3.63) is 71.0 Å². The molecule has 0 aliphatic heterocycles. The molecule has 4 rings (SSSR count). The summed E-state index contributed by atoms with van der Waals surface area (Å²) in [5, 5.41) is 12.1. The molecule has 4 N–H and O–H groups in total. The SMILES string of the molecule is CCOc1cc(C(=N)c2c(N)ncnc2NC2Cc3ccccc3C2)ccc1OC(F)(F)F. The molecule has 10 heteroatoms. The summed E-state index contributed by atoms with van der Waals surface area (Å²) in [6, 6.07) is 12.0. The summed E-state index contributed by atoms with van der Waals surface area (Å²) in [6.45, 7) is 1.76. The fourth-order valence-corrected chi connectivity index (χ4v) is 3.89. The fraction of sp³-hybridized carbons (Fsp3) is 0.261. The molecular formula is C23H22F3N5O2. The van der Waals surface area contributed by atoms with Crippen molar-refractivity contribution < 1.29 is 22.6 Å². The van der Waals surface area contributed by atoms with Crippen LogP contribution < -0.4 is 20.5 Å². The molecule has 1 aliphatic carbocycles. The predicted molar refractivity (Wildman–Crippen MR) is 118 cm³/mol. The zero-order valence-corrected chi connectivity index (χ0v) is 17.7. The number of nitrogens with two attached hydrogens (primary N) is 1.